The third-order valence-electron chi connectivity index (χ3n) is 5.00. The molecule has 0 saturated heterocycles. The molecule has 3 rings (SSSR count). The van der Waals surface area contributed by atoms with Gasteiger partial charge in [0.1, 0.15) is 12.1 Å². The number of carbonyl (C=O) groups excluding carboxylic acids is 2. The van der Waals surface area contributed by atoms with Gasteiger partial charge in [-0.2, -0.15) is 10.5 Å². The Bertz CT molecular complexity index is 1250. The van der Waals surface area contributed by atoms with E-state index >= 15 is 0 Å². The molecule has 2 N–H and O–H groups in total. The SMILES string of the molecule is CN/C(=C1/C(=O)NC(c2cc(C)c(C#N)c(Cl)c2)=C1C=O)c1cc(C)c(C#N)c(Cl)c1. The Labute approximate surface area is 189 Å². The van der Waals surface area contributed by atoms with Gasteiger partial charge in [0, 0.05) is 18.2 Å². The highest BCUT2D eigenvalue weighted by atomic mass is 35.5. The van der Waals surface area contributed by atoms with Gasteiger partial charge in [0.25, 0.3) is 5.91 Å². The minimum atomic E-state index is -0.474. The van der Waals surface area contributed by atoms with E-state index in [1.807, 2.05) is 12.1 Å². The molecule has 6 nitrogen and oxygen atoms in total. The lowest BCUT2D eigenvalue weighted by Crippen LogP contribution is -2.19. The molecule has 0 atom stereocenters. The van der Waals surface area contributed by atoms with Crippen molar-refractivity contribution in [1.82, 2.24) is 10.6 Å². The van der Waals surface area contributed by atoms with Gasteiger partial charge in [-0.15, -0.1) is 0 Å². The van der Waals surface area contributed by atoms with E-state index in [2.05, 4.69) is 10.6 Å². The van der Waals surface area contributed by atoms with Crippen LogP contribution < -0.4 is 10.6 Å². The zero-order chi connectivity index (χ0) is 22.9. The minimum absolute atomic E-state index is 0.144. The molecule has 0 saturated carbocycles. The molecule has 0 spiro atoms. The molecular formula is C23H16Cl2N4O2. The van der Waals surface area contributed by atoms with E-state index in [9.17, 15) is 20.1 Å². The second kappa shape index (κ2) is 8.65. The zero-order valence-electron chi connectivity index (χ0n) is 16.9. The Morgan fingerprint density at radius 1 is 1.03 bits per heavy atom. The van der Waals surface area contributed by atoms with Crippen LogP contribution in [0, 0.1) is 36.5 Å². The van der Waals surface area contributed by atoms with Crippen LogP contribution in [0.2, 0.25) is 10.0 Å². The summed E-state index contributed by atoms with van der Waals surface area (Å²) in [7, 11) is 1.63. The zero-order valence-corrected chi connectivity index (χ0v) is 18.4. The van der Waals surface area contributed by atoms with Crippen LogP contribution in [0.4, 0.5) is 0 Å². The van der Waals surface area contributed by atoms with Crippen molar-refractivity contribution in [3.63, 3.8) is 0 Å². The smallest absolute Gasteiger partial charge is 0.258 e. The van der Waals surface area contributed by atoms with E-state index in [-0.39, 0.29) is 21.2 Å². The van der Waals surface area contributed by atoms with Crippen molar-refractivity contribution in [1.29, 1.82) is 10.5 Å². The van der Waals surface area contributed by atoms with Crippen LogP contribution in [-0.4, -0.2) is 19.2 Å². The van der Waals surface area contributed by atoms with Gasteiger partial charge in [-0.05, 0) is 49.2 Å². The first-order chi connectivity index (χ1) is 14.8. The van der Waals surface area contributed by atoms with Crippen molar-refractivity contribution in [3.05, 3.63) is 78.8 Å². The van der Waals surface area contributed by atoms with Crippen molar-refractivity contribution in [2.75, 3.05) is 7.05 Å². The van der Waals surface area contributed by atoms with Gasteiger partial charge in [-0.3, -0.25) is 9.59 Å². The first kappa shape index (κ1) is 22.1. The number of nitriles is 2. The Kier molecular flexibility index (Phi) is 6.17. The van der Waals surface area contributed by atoms with Gasteiger partial charge in [-0.25, -0.2) is 0 Å². The van der Waals surface area contributed by atoms with Crippen LogP contribution in [0.3, 0.4) is 0 Å². The largest absolute Gasteiger partial charge is 0.387 e. The summed E-state index contributed by atoms with van der Waals surface area (Å²) in [6, 6.07) is 10.6. The molecular weight excluding hydrogens is 435 g/mol. The van der Waals surface area contributed by atoms with Gasteiger partial charge in [0.15, 0.2) is 6.29 Å². The molecule has 8 heteroatoms. The van der Waals surface area contributed by atoms with Crippen LogP contribution in [0.1, 0.15) is 33.4 Å². The number of carbonyl (C=O) groups is 2. The maximum Gasteiger partial charge on any atom is 0.258 e. The van der Waals surface area contributed by atoms with Gasteiger partial charge in [-0.1, -0.05) is 23.2 Å². The molecule has 2 aromatic rings. The third-order valence-corrected chi connectivity index (χ3v) is 5.59. The lowest BCUT2D eigenvalue weighted by molar-refractivity contribution is -0.116. The standard InChI is InChI=1S/C23H16Cl2N4O2/c1-11-4-13(6-18(24)15(11)8-26)21-17(10-30)20(23(31)29-21)22(28-3)14-5-12(2)16(9-27)19(25)7-14/h4-7,10,28H,1-3H3,(H,29,31)/b22-20+. The van der Waals surface area contributed by atoms with Crippen LogP contribution in [0.5, 0.6) is 0 Å². The molecule has 1 heterocycles. The molecule has 0 bridgehead atoms. The molecule has 154 valence electrons. The number of hydrogen-bond acceptors (Lipinski definition) is 5. The molecule has 0 unspecified atom stereocenters. The van der Waals surface area contributed by atoms with Crippen molar-refractivity contribution in [2.24, 2.45) is 0 Å². The second-order valence-corrected chi connectivity index (χ2v) is 7.70. The van der Waals surface area contributed by atoms with Crippen molar-refractivity contribution in [2.45, 2.75) is 13.8 Å². The number of aryl methyl sites for hydroxylation is 2. The summed E-state index contributed by atoms with van der Waals surface area (Å²) < 4.78 is 0. The monoisotopic (exact) mass is 450 g/mol. The first-order valence-corrected chi connectivity index (χ1v) is 9.87. The molecule has 1 aliphatic rings. The maximum atomic E-state index is 12.9. The summed E-state index contributed by atoms with van der Waals surface area (Å²) in [6.45, 7) is 3.47. The number of halogens is 2. The number of benzene rings is 2. The summed E-state index contributed by atoms with van der Waals surface area (Å²) >= 11 is 12.5. The van der Waals surface area contributed by atoms with Crippen molar-refractivity contribution < 1.29 is 9.59 Å². The molecule has 0 radical (unpaired) electrons. The predicted octanol–water partition coefficient (Wildman–Crippen LogP) is 4.02. The molecule has 0 aliphatic carbocycles. The molecule has 0 aromatic heterocycles. The normalized spacial score (nSPS) is 14.6. The molecule has 0 fully saturated rings. The fourth-order valence-corrected chi connectivity index (χ4v) is 4.18. The minimum Gasteiger partial charge on any atom is -0.387 e. The van der Waals surface area contributed by atoms with Crippen LogP contribution in [-0.2, 0) is 9.59 Å². The average molecular weight is 451 g/mol. The molecule has 31 heavy (non-hydrogen) atoms. The van der Waals surface area contributed by atoms with E-state index in [1.165, 1.54) is 6.07 Å². The summed E-state index contributed by atoms with van der Waals surface area (Å²) in [5, 5.41) is 24.7. The molecule has 1 aliphatic heterocycles. The Hall–Kier alpha value is -3.58. The van der Waals surface area contributed by atoms with E-state index in [4.69, 9.17) is 23.2 Å². The second-order valence-electron chi connectivity index (χ2n) is 6.88. The van der Waals surface area contributed by atoms with Crippen LogP contribution in [0.25, 0.3) is 11.4 Å². The predicted molar refractivity (Wildman–Crippen MR) is 119 cm³/mol. The topological polar surface area (TPSA) is 106 Å². The molecule has 2 aromatic carbocycles. The Morgan fingerprint density at radius 3 is 2.10 bits per heavy atom. The summed E-state index contributed by atoms with van der Waals surface area (Å²) in [4.78, 5) is 25.0. The fourth-order valence-electron chi connectivity index (χ4n) is 3.56. The highest BCUT2D eigenvalue weighted by molar-refractivity contribution is 6.32. The maximum absolute atomic E-state index is 12.9. The third kappa shape index (κ3) is 3.80. The van der Waals surface area contributed by atoms with Crippen molar-refractivity contribution >= 4 is 46.8 Å². The number of hydrogen-bond donors (Lipinski definition) is 2. The number of aldehydes is 1. The van der Waals surface area contributed by atoms with E-state index < -0.39 is 5.91 Å². The number of rotatable bonds is 4. The Balaban J connectivity index is 2.28. The lowest BCUT2D eigenvalue weighted by Gasteiger charge is -2.13. The highest BCUT2D eigenvalue weighted by Gasteiger charge is 2.32. The van der Waals surface area contributed by atoms with Crippen LogP contribution in [0.15, 0.2) is 35.4 Å². The highest BCUT2D eigenvalue weighted by Crippen LogP contribution is 2.35. The van der Waals surface area contributed by atoms with E-state index in [0.29, 0.717) is 51.1 Å². The number of nitrogens with zero attached hydrogens (tertiary/aromatic N) is 2. The Morgan fingerprint density at radius 2 is 1.61 bits per heavy atom. The number of nitrogens with one attached hydrogen (secondary N) is 2. The van der Waals surface area contributed by atoms with Gasteiger partial charge >= 0.3 is 0 Å². The van der Waals surface area contributed by atoms with Gasteiger partial charge < -0.3 is 10.6 Å². The van der Waals surface area contributed by atoms with Crippen molar-refractivity contribution in [3.8, 4) is 12.1 Å². The summed E-state index contributed by atoms with van der Waals surface area (Å²) in [5.74, 6) is -0.474. The average Bonchev–Trinajstić information content (AvgIpc) is 3.04. The quantitative estimate of drug-likeness (QED) is 0.540. The number of amides is 1. The molecule has 1 amide bonds. The first-order valence-electron chi connectivity index (χ1n) is 9.11. The van der Waals surface area contributed by atoms with Crippen LogP contribution >= 0.6 is 23.2 Å². The van der Waals surface area contributed by atoms with E-state index in [0.717, 1.165) is 0 Å². The van der Waals surface area contributed by atoms with Gasteiger partial charge in [0.05, 0.1) is 43.7 Å². The van der Waals surface area contributed by atoms with E-state index in [1.54, 1.807) is 39.1 Å². The fraction of sp³-hybridized carbons (Fsp3) is 0.130. The summed E-state index contributed by atoms with van der Waals surface area (Å²) in [5.41, 5.74) is 3.99. The van der Waals surface area contributed by atoms with Gasteiger partial charge in [0.2, 0.25) is 0 Å². The summed E-state index contributed by atoms with van der Waals surface area (Å²) in [6.07, 6.45) is 0.597. The lowest BCUT2D eigenvalue weighted by atomic mass is 9.96.